The lowest BCUT2D eigenvalue weighted by atomic mass is 9.82. The minimum atomic E-state index is -1.10. The van der Waals surface area contributed by atoms with Gasteiger partial charge < -0.3 is 15.3 Å². The summed E-state index contributed by atoms with van der Waals surface area (Å²) in [6.45, 7) is 1.61. The molecule has 0 aliphatic heterocycles. The van der Waals surface area contributed by atoms with E-state index in [0.29, 0.717) is 5.56 Å². The van der Waals surface area contributed by atoms with Crippen molar-refractivity contribution in [1.82, 2.24) is 0 Å². The third kappa shape index (κ3) is 1.85. The average molecular weight is 315 g/mol. The zero-order valence-electron chi connectivity index (χ0n) is 11.7. The van der Waals surface area contributed by atoms with Crippen molar-refractivity contribution in [2.75, 3.05) is 0 Å². The van der Waals surface area contributed by atoms with E-state index in [9.17, 15) is 35.0 Å². The number of carbonyl (C=O) groups is 2. The van der Waals surface area contributed by atoms with Gasteiger partial charge in [0.1, 0.15) is 5.75 Å². The van der Waals surface area contributed by atoms with E-state index < -0.39 is 45.0 Å². The predicted octanol–water partition coefficient (Wildman–Crippen LogP) is 1.80. The Morgan fingerprint density at radius 2 is 1.52 bits per heavy atom. The monoisotopic (exact) mass is 315 g/mol. The Morgan fingerprint density at radius 3 is 2.13 bits per heavy atom. The molecule has 116 valence electrons. The van der Waals surface area contributed by atoms with Crippen LogP contribution in [-0.2, 0) is 0 Å². The Labute approximate surface area is 128 Å². The lowest BCUT2D eigenvalue weighted by Crippen LogP contribution is -2.21. The van der Waals surface area contributed by atoms with Crippen LogP contribution < -0.4 is 0 Å². The number of fused-ring (bicyclic) bond motifs is 2. The quantitative estimate of drug-likeness (QED) is 0.459. The molecule has 3 rings (SSSR count). The van der Waals surface area contributed by atoms with Crippen LogP contribution in [0.3, 0.4) is 0 Å². The first kappa shape index (κ1) is 14.5. The van der Waals surface area contributed by atoms with E-state index in [1.165, 1.54) is 12.1 Å². The second kappa shape index (κ2) is 4.54. The highest BCUT2D eigenvalue weighted by atomic mass is 16.6. The molecule has 8 heteroatoms. The Morgan fingerprint density at radius 1 is 0.913 bits per heavy atom. The molecule has 0 atom stereocenters. The smallest absolute Gasteiger partial charge is 0.352 e. The van der Waals surface area contributed by atoms with Crippen molar-refractivity contribution in [3.05, 3.63) is 56.1 Å². The number of phenols is 3. The summed E-state index contributed by atoms with van der Waals surface area (Å²) >= 11 is 0. The average Bonchev–Trinajstić information content (AvgIpc) is 2.42. The summed E-state index contributed by atoms with van der Waals surface area (Å²) in [6.07, 6.45) is 0. The van der Waals surface area contributed by atoms with Crippen molar-refractivity contribution < 1.29 is 29.8 Å². The molecule has 0 bridgehead atoms. The van der Waals surface area contributed by atoms with Crippen LogP contribution in [-0.4, -0.2) is 31.8 Å². The van der Waals surface area contributed by atoms with Gasteiger partial charge in [0.25, 0.3) is 0 Å². The molecule has 0 amide bonds. The number of carbonyl (C=O) groups excluding carboxylic acids is 2. The Bertz CT molecular complexity index is 930. The van der Waals surface area contributed by atoms with Crippen LogP contribution in [0.25, 0.3) is 0 Å². The van der Waals surface area contributed by atoms with Gasteiger partial charge in [0, 0.05) is 11.1 Å². The van der Waals surface area contributed by atoms with Crippen molar-refractivity contribution >= 4 is 17.3 Å². The van der Waals surface area contributed by atoms with Crippen LogP contribution in [0, 0.1) is 17.0 Å². The number of hydrogen-bond donors (Lipinski definition) is 3. The van der Waals surface area contributed by atoms with Gasteiger partial charge in [-0.3, -0.25) is 19.7 Å². The maximum Gasteiger partial charge on any atom is 0.352 e. The van der Waals surface area contributed by atoms with Crippen molar-refractivity contribution in [2.24, 2.45) is 0 Å². The minimum absolute atomic E-state index is 0.0901. The standard InChI is InChI=1S/C15H9NO7/c1-5-2-6-10(8(17)3-5)14(20)11-7(13(6)19)4-9(18)12(15(11)21)16(22)23/h2-4,17-18,21H,1H3. The molecule has 8 nitrogen and oxygen atoms in total. The number of benzene rings is 2. The topological polar surface area (TPSA) is 138 Å². The second-order valence-corrected chi connectivity index (χ2v) is 5.14. The molecule has 3 N–H and O–H groups in total. The third-order valence-corrected chi connectivity index (χ3v) is 3.64. The molecule has 0 radical (unpaired) electrons. The molecule has 1 aliphatic rings. The van der Waals surface area contributed by atoms with Crippen molar-refractivity contribution in [2.45, 2.75) is 6.92 Å². The van der Waals surface area contributed by atoms with Crippen LogP contribution in [0.15, 0.2) is 18.2 Å². The molecule has 0 saturated heterocycles. The lowest BCUT2D eigenvalue weighted by molar-refractivity contribution is -0.386. The molecular formula is C15H9NO7. The van der Waals surface area contributed by atoms with E-state index in [0.717, 1.165) is 6.07 Å². The predicted molar refractivity (Wildman–Crippen MR) is 76.1 cm³/mol. The van der Waals surface area contributed by atoms with E-state index >= 15 is 0 Å². The fraction of sp³-hybridized carbons (Fsp3) is 0.0667. The first-order valence-corrected chi connectivity index (χ1v) is 6.40. The Kier molecular flexibility index (Phi) is 2.86. The van der Waals surface area contributed by atoms with Gasteiger partial charge in [-0.2, -0.15) is 0 Å². The number of aryl methyl sites for hydroxylation is 1. The summed E-state index contributed by atoms with van der Waals surface area (Å²) in [5, 5.41) is 40.5. The summed E-state index contributed by atoms with van der Waals surface area (Å²) in [5.41, 5.74) is -1.92. The highest BCUT2D eigenvalue weighted by Gasteiger charge is 2.39. The van der Waals surface area contributed by atoms with Crippen molar-refractivity contribution in [1.29, 1.82) is 0 Å². The van der Waals surface area contributed by atoms with Crippen molar-refractivity contribution in [3.63, 3.8) is 0 Å². The molecule has 23 heavy (non-hydrogen) atoms. The molecule has 0 heterocycles. The molecule has 0 spiro atoms. The van der Waals surface area contributed by atoms with Crippen LogP contribution in [0.4, 0.5) is 5.69 Å². The van der Waals surface area contributed by atoms with Crippen LogP contribution in [0.5, 0.6) is 17.2 Å². The normalized spacial score (nSPS) is 12.7. The maximum atomic E-state index is 12.5. The summed E-state index contributed by atoms with van der Waals surface area (Å²) < 4.78 is 0. The summed E-state index contributed by atoms with van der Waals surface area (Å²) in [7, 11) is 0. The number of phenolic OH excluding ortho intramolecular Hbond substituents is 3. The number of nitrogens with zero attached hydrogens (tertiary/aromatic N) is 1. The number of rotatable bonds is 1. The third-order valence-electron chi connectivity index (χ3n) is 3.64. The van der Waals surface area contributed by atoms with Gasteiger partial charge in [0.05, 0.1) is 16.1 Å². The number of nitro benzene ring substituents is 1. The highest BCUT2D eigenvalue weighted by molar-refractivity contribution is 6.30. The lowest BCUT2D eigenvalue weighted by Gasteiger charge is -2.20. The maximum absolute atomic E-state index is 12.5. The van der Waals surface area contributed by atoms with Gasteiger partial charge in [0.15, 0.2) is 11.5 Å². The SMILES string of the molecule is Cc1cc(O)c2c(c1)C(=O)c1cc(O)c([N+](=O)[O-])c(O)c1C2=O. The fourth-order valence-corrected chi connectivity index (χ4v) is 2.69. The van der Waals surface area contributed by atoms with Gasteiger partial charge in [-0.25, -0.2) is 0 Å². The van der Waals surface area contributed by atoms with E-state index in [2.05, 4.69) is 0 Å². The van der Waals surface area contributed by atoms with Gasteiger partial charge in [-0.1, -0.05) is 0 Å². The molecule has 1 aliphatic carbocycles. The van der Waals surface area contributed by atoms with Gasteiger partial charge in [-0.15, -0.1) is 0 Å². The van der Waals surface area contributed by atoms with E-state index in [1.54, 1.807) is 6.92 Å². The Balaban J connectivity index is 2.41. The van der Waals surface area contributed by atoms with E-state index in [1.807, 2.05) is 0 Å². The van der Waals surface area contributed by atoms with Gasteiger partial charge in [0.2, 0.25) is 11.5 Å². The molecular weight excluding hydrogens is 306 g/mol. The molecule has 0 aromatic heterocycles. The van der Waals surface area contributed by atoms with E-state index in [4.69, 9.17) is 0 Å². The number of ketones is 2. The molecule has 0 unspecified atom stereocenters. The minimum Gasteiger partial charge on any atom is -0.507 e. The van der Waals surface area contributed by atoms with Crippen LogP contribution >= 0.6 is 0 Å². The first-order chi connectivity index (χ1) is 10.7. The molecule has 0 saturated carbocycles. The first-order valence-electron chi connectivity index (χ1n) is 6.40. The van der Waals surface area contributed by atoms with Crippen molar-refractivity contribution in [3.8, 4) is 17.2 Å². The fourth-order valence-electron chi connectivity index (χ4n) is 2.69. The van der Waals surface area contributed by atoms with E-state index in [-0.39, 0.29) is 16.7 Å². The molecule has 2 aromatic rings. The Hall–Kier alpha value is -3.42. The molecule has 2 aromatic carbocycles. The second-order valence-electron chi connectivity index (χ2n) is 5.14. The highest BCUT2D eigenvalue weighted by Crippen LogP contribution is 2.45. The number of hydrogen-bond acceptors (Lipinski definition) is 7. The summed E-state index contributed by atoms with van der Waals surface area (Å²) in [5.74, 6) is -4.14. The van der Waals surface area contributed by atoms with Crippen LogP contribution in [0.1, 0.15) is 37.4 Å². The summed E-state index contributed by atoms with van der Waals surface area (Å²) in [6, 6.07) is 3.42. The number of aromatic hydroxyl groups is 3. The molecule has 0 fully saturated rings. The van der Waals surface area contributed by atoms with Gasteiger partial charge >= 0.3 is 5.69 Å². The number of nitro groups is 1. The summed E-state index contributed by atoms with van der Waals surface area (Å²) in [4.78, 5) is 34.9. The zero-order valence-corrected chi connectivity index (χ0v) is 11.7. The van der Waals surface area contributed by atoms with Crippen LogP contribution in [0.2, 0.25) is 0 Å². The zero-order chi connectivity index (χ0) is 17.0. The van der Waals surface area contributed by atoms with Gasteiger partial charge in [-0.05, 0) is 30.7 Å². The largest absolute Gasteiger partial charge is 0.507 e.